The minimum absolute atomic E-state index is 0.0450. The summed E-state index contributed by atoms with van der Waals surface area (Å²) in [5.74, 6) is 2.15. The molecule has 184 valence electrons. The van der Waals surface area contributed by atoms with Gasteiger partial charge < -0.3 is 15.1 Å². The second-order valence-corrected chi connectivity index (χ2v) is 10.2. The van der Waals surface area contributed by atoms with Crippen LogP contribution in [0.5, 0.6) is 0 Å². The molecule has 6 heteroatoms. The highest BCUT2D eigenvalue weighted by atomic mass is 16.2. The minimum atomic E-state index is -0.163. The van der Waals surface area contributed by atoms with Crippen LogP contribution < -0.4 is 10.2 Å². The van der Waals surface area contributed by atoms with Crippen molar-refractivity contribution in [3.05, 3.63) is 65.7 Å². The topological polar surface area (TPSA) is 65.5 Å². The molecule has 2 atom stereocenters. The number of piperidine rings is 1. The molecule has 0 saturated carbocycles. The Labute approximate surface area is 208 Å². The molecule has 1 aromatic heterocycles. The summed E-state index contributed by atoms with van der Waals surface area (Å²) >= 11 is 0. The van der Waals surface area contributed by atoms with Crippen molar-refractivity contribution < 1.29 is 9.59 Å². The smallest absolute Gasteiger partial charge is 0.224 e. The summed E-state index contributed by atoms with van der Waals surface area (Å²) in [6.45, 7) is 9.32. The molecule has 1 N–H and O–H groups in total. The number of hydrogen-bond donors (Lipinski definition) is 1. The fraction of sp³-hybridized carbons (Fsp3) is 0.414. The van der Waals surface area contributed by atoms with Crippen molar-refractivity contribution in [3.8, 4) is 0 Å². The highest BCUT2D eigenvalue weighted by Crippen LogP contribution is 2.29. The monoisotopic (exact) mass is 472 g/mol. The van der Waals surface area contributed by atoms with E-state index in [1.54, 1.807) is 11.9 Å². The molecule has 0 bridgehead atoms. The maximum Gasteiger partial charge on any atom is 0.224 e. The average Bonchev–Trinajstić information content (AvgIpc) is 2.82. The van der Waals surface area contributed by atoms with Crippen molar-refractivity contribution in [2.24, 2.45) is 11.8 Å². The summed E-state index contributed by atoms with van der Waals surface area (Å²) in [5.41, 5.74) is 3.87. The number of nitrogens with zero attached hydrogens (tertiary/aromatic N) is 3. The number of rotatable bonds is 7. The molecule has 35 heavy (non-hydrogen) atoms. The van der Waals surface area contributed by atoms with E-state index in [0.29, 0.717) is 18.4 Å². The largest absolute Gasteiger partial charge is 0.356 e. The zero-order chi connectivity index (χ0) is 24.9. The van der Waals surface area contributed by atoms with Crippen LogP contribution in [0, 0.1) is 18.8 Å². The Kier molecular flexibility index (Phi) is 7.69. The first kappa shape index (κ1) is 24.7. The fourth-order valence-electron chi connectivity index (χ4n) is 5.05. The van der Waals surface area contributed by atoms with E-state index in [-0.39, 0.29) is 24.7 Å². The van der Waals surface area contributed by atoms with Crippen LogP contribution in [-0.2, 0) is 16.1 Å². The lowest BCUT2D eigenvalue weighted by molar-refractivity contribution is -0.132. The molecule has 1 aliphatic heterocycles. The van der Waals surface area contributed by atoms with Crippen molar-refractivity contribution in [1.82, 2.24) is 9.88 Å². The van der Waals surface area contributed by atoms with E-state index in [2.05, 4.69) is 37.1 Å². The predicted molar refractivity (Wildman–Crippen MR) is 142 cm³/mol. The fourth-order valence-corrected chi connectivity index (χ4v) is 5.05. The van der Waals surface area contributed by atoms with Gasteiger partial charge in [-0.2, -0.15) is 0 Å². The number of amides is 2. The molecule has 2 amide bonds. The Morgan fingerprint density at radius 3 is 2.46 bits per heavy atom. The van der Waals surface area contributed by atoms with Crippen LogP contribution >= 0.6 is 0 Å². The predicted octanol–water partition coefficient (Wildman–Crippen LogP) is 5.40. The van der Waals surface area contributed by atoms with Crippen molar-refractivity contribution in [2.75, 3.05) is 30.4 Å². The molecular formula is C29H36N4O2. The number of benzene rings is 2. The van der Waals surface area contributed by atoms with E-state index in [0.717, 1.165) is 46.6 Å². The molecule has 0 spiro atoms. The second kappa shape index (κ2) is 10.9. The van der Waals surface area contributed by atoms with E-state index in [1.165, 1.54) is 6.42 Å². The minimum Gasteiger partial charge on any atom is -0.356 e. The summed E-state index contributed by atoms with van der Waals surface area (Å²) in [6, 6.07) is 17.8. The maximum atomic E-state index is 12.5. The molecule has 6 nitrogen and oxygen atoms in total. The molecular weight excluding hydrogens is 436 g/mol. The number of aromatic nitrogens is 1. The Bertz CT molecular complexity index is 1180. The highest BCUT2D eigenvalue weighted by Gasteiger charge is 2.23. The van der Waals surface area contributed by atoms with Gasteiger partial charge >= 0.3 is 0 Å². The molecule has 0 radical (unpaired) electrons. The molecule has 0 aliphatic carbocycles. The van der Waals surface area contributed by atoms with Gasteiger partial charge in [0.15, 0.2) is 0 Å². The van der Waals surface area contributed by atoms with Crippen LogP contribution in [0.25, 0.3) is 10.9 Å². The SMILES string of the molecule is Cc1cc(N2C[C@H](C)C[C@@H](C)C2)nc2ccc(NC(=O)CCC(=O)N(C)Cc3ccccc3)cc12. The van der Waals surface area contributed by atoms with E-state index in [1.807, 2.05) is 48.5 Å². The van der Waals surface area contributed by atoms with Gasteiger partial charge in [0, 0.05) is 50.6 Å². The van der Waals surface area contributed by atoms with Gasteiger partial charge in [-0.25, -0.2) is 4.98 Å². The first-order valence-electron chi connectivity index (χ1n) is 12.5. The standard InChI is InChI=1S/C29H36N4O2/c1-20-14-21(2)18-33(17-20)27-15-22(3)25-16-24(10-11-26(25)31-27)30-28(34)12-13-29(35)32(4)19-23-8-6-5-7-9-23/h5-11,15-16,20-21H,12-14,17-19H2,1-4H3,(H,30,34)/t20-,21-/m1/s1. The summed E-state index contributed by atoms with van der Waals surface area (Å²) in [5, 5.41) is 3.98. The van der Waals surface area contributed by atoms with E-state index in [4.69, 9.17) is 4.98 Å². The number of fused-ring (bicyclic) bond motifs is 1. The number of carbonyl (C=O) groups excluding carboxylic acids is 2. The molecule has 4 rings (SSSR count). The first-order chi connectivity index (χ1) is 16.8. The zero-order valence-corrected chi connectivity index (χ0v) is 21.3. The van der Waals surface area contributed by atoms with Gasteiger partial charge in [0.2, 0.25) is 11.8 Å². The van der Waals surface area contributed by atoms with Crippen molar-refractivity contribution in [2.45, 2.75) is 46.6 Å². The molecule has 3 aromatic rings. The number of carbonyl (C=O) groups is 2. The molecule has 2 heterocycles. The highest BCUT2D eigenvalue weighted by molar-refractivity contribution is 5.96. The third-order valence-corrected chi connectivity index (χ3v) is 6.73. The van der Waals surface area contributed by atoms with Gasteiger partial charge in [0.05, 0.1) is 5.52 Å². The number of nitrogens with one attached hydrogen (secondary N) is 1. The lowest BCUT2D eigenvalue weighted by Crippen LogP contribution is -2.39. The van der Waals surface area contributed by atoms with E-state index in [9.17, 15) is 9.59 Å². The first-order valence-corrected chi connectivity index (χ1v) is 12.5. The third-order valence-electron chi connectivity index (χ3n) is 6.73. The summed E-state index contributed by atoms with van der Waals surface area (Å²) < 4.78 is 0. The lowest BCUT2D eigenvalue weighted by Gasteiger charge is -2.36. The van der Waals surface area contributed by atoms with Crippen molar-refractivity contribution >= 4 is 34.2 Å². The number of aryl methyl sites for hydroxylation is 1. The van der Waals surface area contributed by atoms with E-state index < -0.39 is 0 Å². The average molecular weight is 473 g/mol. The Balaban J connectivity index is 1.36. The number of hydrogen-bond acceptors (Lipinski definition) is 4. The normalized spacial score (nSPS) is 17.9. The van der Waals surface area contributed by atoms with Crippen LogP contribution in [-0.4, -0.2) is 41.8 Å². The Morgan fingerprint density at radius 2 is 1.74 bits per heavy atom. The van der Waals surface area contributed by atoms with Crippen LogP contribution in [0.1, 0.15) is 44.2 Å². The lowest BCUT2D eigenvalue weighted by atomic mass is 9.92. The van der Waals surface area contributed by atoms with Gasteiger partial charge in [0.25, 0.3) is 0 Å². The van der Waals surface area contributed by atoms with Gasteiger partial charge in [-0.1, -0.05) is 44.2 Å². The van der Waals surface area contributed by atoms with Crippen LogP contribution in [0.4, 0.5) is 11.5 Å². The quantitative estimate of drug-likeness (QED) is 0.500. The van der Waals surface area contributed by atoms with Crippen LogP contribution in [0.3, 0.4) is 0 Å². The third kappa shape index (κ3) is 6.38. The van der Waals surface area contributed by atoms with E-state index >= 15 is 0 Å². The maximum absolute atomic E-state index is 12.5. The molecule has 1 aliphatic rings. The molecule has 2 aromatic carbocycles. The van der Waals surface area contributed by atoms with Crippen molar-refractivity contribution in [1.29, 1.82) is 0 Å². The number of anilines is 2. The second-order valence-electron chi connectivity index (χ2n) is 10.2. The van der Waals surface area contributed by atoms with Gasteiger partial charge in [0.1, 0.15) is 5.82 Å². The Hall–Kier alpha value is -3.41. The molecule has 0 unspecified atom stereocenters. The summed E-state index contributed by atoms with van der Waals surface area (Å²) in [7, 11) is 1.77. The zero-order valence-electron chi connectivity index (χ0n) is 21.3. The number of pyridine rings is 1. The molecule has 1 saturated heterocycles. The molecule has 1 fully saturated rings. The summed E-state index contributed by atoms with van der Waals surface area (Å²) in [6.07, 6.45) is 1.60. The van der Waals surface area contributed by atoms with Gasteiger partial charge in [-0.05, 0) is 60.6 Å². The van der Waals surface area contributed by atoms with Crippen LogP contribution in [0.15, 0.2) is 54.6 Å². The van der Waals surface area contributed by atoms with Crippen LogP contribution in [0.2, 0.25) is 0 Å². The van der Waals surface area contributed by atoms with Crippen molar-refractivity contribution in [3.63, 3.8) is 0 Å². The Morgan fingerprint density at radius 1 is 1.03 bits per heavy atom. The van der Waals surface area contributed by atoms with Gasteiger partial charge in [-0.15, -0.1) is 0 Å². The van der Waals surface area contributed by atoms with Gasteiger partial charge in [-0.3, -0.25) is 9.59 Å². The summed E-state index contributed by atoms with van der Waals surface area (Å²) in [4.78, 5) is 34.0.